The normalized spacial score (nSPS) is 10.8. The fourth-order valence-electron chi connectivity index (χ4n) is 2.36. The molecule has 0 fully saturated rings. The van der Waals surface area contributed by atoms with Gasteiger partial charge in [-0.25, -0.2) is 4.39 Å². The van der Waals surface area contributed by atoms with E-state index < -0.39 is 0 Å². The van der Waals surface area contributed by atoms with Gasteiger partial charge in [0.2, 0.25) is 0 Å². The molecule has 0 amide bonds. The maximum absolute atomic E-state index is 13.2. The second-order valence-electron chi connectivity index (χ2n) is 4.62. The van der Waals surface area contributed by atoms with Gasteiger partial charge in [-0.1, -0.05) is 0 Å². The van der Waals surface area contributed by atoms with Gasteiger partial charge >= 0.3 is 0 Å². The first-order valence-electron chi connectivity index (χ1n) is 6.37. The van der Waals surface area contributed by atoms with Crippen molar-refractivity contribution >= 4 is 21.6 Å². The van der Waals surface area contributed by atoms with Crippen LogP contribution < -0.4 is 5.32 Å². The first-order valence-corrected chi connectivity index (χ1v) is 7.16. The summed E-state index contributed by atoms with van der Waals surface area (Å²) in [5.74, 6) is -0.232. The molecule has 19 heavy (non-hydrogen) atoms. The average molecular weight is 325 g/mol. The third-order valence-corrected chi connectivity index (χ3v) is 4.08. The zero-order valence-electron chi connectivity index (χ0n) is 11.4. The molecule has 0 aliphatic rings. The molecule has 1 N–H and O–H groups in total. The summed E-state index contributed by atoms with van der Waals surface area (Å²) in [7, 11) is 0. The molecule has 1 aromatic carbocycles. The third kappa shape index (κ3) is 3.00. The number of aryl methyl sites for hydroxylation is 1. The van der Waals surface area contributed by atoms with Crippen molar-refractivity contribution in [1.82, 2.24) is 4.57 Å². The van der Waals surface area contributed by atoms with Crippen molar-refractivity contribution in [3.63, 3.8) is 0 Å². The van der Waals surface area contributed by atoms with E-state index in [-0.39, 0.29) is 5.82 Å². The topological polar surface area (TPSA) is 17.0 Å². The molecule has 1 heterocycles. The zero-order valence-corrected chi connectivity index (χ0v) is 13.0. The number of hydrogen-bond donors (Lipinski definition) is 1. The minimum absolute atomic E-state index is 0.232. The summed E-state index contributed by atoms with van der Waals surface area (Å²) in [5.41, 5.74) is 4.55. The molecule has 0 atom stereocenters. The predicted molar refractivity (Wildman–Crippen MR) is 81.0 cm³/mol. The van der Waals surface area contributed by atoms with E-state index in [4.69, 9.17) is 0 Å². The van der Waals surface area contributed by atoms with Crippen LogP contribution in [0.2, 0.25) is 0 Å². The molecule has 1 aromatic heterocycles. The fourth-order valence-corrected chi connectivity index (χ4v) is 2.75. The van der Waals surface area contributed by atoms with Crippen LogP contribution in [0.4, 0.5) is 10.1 Å². The number of hydrogen-bond acceptors (Lipinski definition) is 1. The van der Waals surface area contributed by atoms with Crippen molar-refractivity contribution in [2.45, 2.75) is 33.9 Å². The molecule has 0 saturated heterocycles. The van der Waals surface area contributed by atoms with E-state index in [1.807, 2.05) is 0 Å². The molecule has 102 valence electrons. The van der Waals surface area contributed by atoms with Crippen molar-refractivity contribution < 1.29 is 4.39 Å². The summed E-state index contributed by atoms with van der Waals surface area (Å²) in [6.45, 7) is 8.04. The summed E-state index contributed by atoms with van der Waals surface area (Å²) < 4.78 is 16.4. The Hall–Kier alpha value is -1.29. The summed E-state index contributed by atoms with van der Waals surface area (Å²) in [6.07, 6.45) is 0. The first kappa shape index (κ1) is 14.1. The lowest BCUT2D eigenvalue weighted by Gasteiger charge is -2.09. The lowest BCUT2D eigenvalue weighted by atomic mass is 10.2. The Labute approximate surface area is 121 Å². The Balaban J connectivity index is 2.17. The van der Waals surface area contributed by atoms with Gasteiger partial charge in [-0.15, -0.1) is 0 Å². The predicted octanol–water partition coefficient (Wildman–Crippen LogP) is 4.64. The standard InChI is InChI=1S/C15H18BrFN2/c1-4-19-10(2)7-12(11(19)3)9-18-15-8-13(17)5-6-14(15)16/h5-8,18H,4,9H2,1-3H3. The van der Waals surface area contributed by atoms with Crippen LogP contribution in [-0.4, -0.2) is 4.57 Å². The number of rotatable bonds is 4. The average Bonchev–Trinajstić information content (AvgIpc) is 2.65. The van der Waals surface area contributed by atoms with Crippen molar-refractivity contribution in [3.8, 4) is 0 Å². The van der Waals surface area contributed by atoms with E-state index in [0.717, 1.165) is 16.7 Å². The number of benzene rings is 1. The van der Waals surface area contributed by atoms with Crippen molar-refractivity contribution in [2.75, 3.05) is 5.32 Å². The maximum atomic E-state index is 13.2. The second kappa shape index (κ2) is 5.78. The highest BCUT2D eigenvalue weighted by molar-refractivity contribution is 9.10. The molecular formula is C15H18BrFN2. The SMILES string of the molecule is CCn1c(C)cc(CNc2cc(F)ccc2Br)c1C. The molecule has 2 rings (SSSR count). The molecule has 0 radical (unpaired) electrons. The minimum atomic E-state index is -0.232. The van der Waals surface area contributed by atoms with E-state index >= 15 is 0 Å². The van der Waals surface area contributed by atoms with Gasteiger partial charge in [-0.05, 0) is 66.5 Å². The summed E-state index contributed by atoms with van der Waals surface area (Å²) in [5, 5.41) is 3.28. The van der Waals surface area contributed by atoms with Crippen LogP contribution >= 0.6 is 15.9 Å². The molecule has 4 heteroatoms. The van der Waals surface area contributed by atoms with Crippen LogP contribution in [-0.2, 0) is 13.1 Å². The molecule has 2 nitrogen and oxygen atoms in total. The molecule has 0 unspecified atom stereocenters. The van der Waals surface area contributed by atoms with E-state index in [1.165, 1.54) is 29.1 Å². The Bertz CT molecular complexity index is 590. The fraction of sp³-hybridized carbons (Fsp3) is 0.333. The Kier molecular flexibility index (Phi) is 4.30. The molecule has 0 aliphatic carbocycles. The third-order valence-electron chi connectivity index (χ3n) is 3.39. The summed E-state index contributed by atoms with van der Waals surface area (Å²) >= 11 is 3.42. The van der Waals surface area contributed by atoms with Gasteiger partial charge in [-0.3, -0.25) is 0 Å². The Morgan fingerprint density at radius 1 is 1.26 bits per heavy atom. The van der Waals surface area contributed by atoms with Gasteiger partial charge in [0.15, 0.2) is 0 Å². The number of anilines is 1. The van der Waals surface area contributed by atoms with Gasteiger partial charge in [0.25, 0.3) is 0 Å². The van der Waals surface area contributed by atoms with E-state index in [2.05, 4.69) is 52.7 Å². The number of nitrogens with one attached hydrogen (secondary N) is 1. The largest absolute Gasteiger partial charge is 0.380 e. The smallest absolute Gasteiger partial charge is 0.125 e. The lowest BCUT2D eigenvalue weighted by molar-refractivity contribution is 0.628. The van der Waals surface area contributed by atoms with Gasteiger partial charge in [0, 0.05) is 29.0 Å². The molecule has 0 bridgehead atoms. The highest BCUT2D eigenvalue weighted by Crippen LogP contribution is 2.24. The highest BCUT2D eigenvalue weighted by atomic mass is 79.9. The Morgan fingerprint density at radius 2 is 2.00 bits per heavy atom. The molecule has 0 saturated carbocycles. The Morgan fingerprint density at radius 3 is 2.63 bits per heavy atom. The van der Waals surface area contributed by atoms with Crippen LogP contribution in [0.1, 0.15) is 23.9 Å². The molecular weight excluding hydrogens is 307 g/mol. The molecule has 0 aliphatic heterocycles. The van der Waals surface area contributed by atoms with E-state index in [9.17, 15) is 4.39 Å². The summed E-state index contributed by atoms with van der Waals surface area (Å²) in [4.78, 5) is 0. The molecule has 0 spiro atoms. The van der Waals surface area contributed by atoms with Gasteiger partial charge in [-0.2, -0.15) is 0 Å². The van der Waals surface area contributed by atoms with Crippen LogP contribution in [0.25, 0.3) is 0 Å². The molecule has 2 aromatic rings. The van der Waals surface area contributed by atoms with Crippen LogP contribution in [0.15, 0.2) is 28.7 Å². The zero-order chi connectivity index (χ0) is 14.0. The van der Waals surface area contributed by atoms with E-state index in [1.54, 1.807) is 6.07 Å². The number of nitrogens with zero attached hydrogens (tertiary/aromatic N) is 1. The van der Waals surface area contributed by atoms with Gasteiger partial charge in [0.1, 0.15) is 5.82 Å². The summed E-state index contributed by atoms with van der Waals surface area (Å²) in [6, 6.07) is 6.84. The quantitative estimate of drug-likeness (QED) is 0.867. The van der Waals surface area contributed by atoms with Crippen molar-refractivity contribution in [1.29, 1.82) is 0 Å². The van der Waals surface area contributed by atoms with Crippen LogP contribution in [0.5, 0.6) is 0 Å². The highest BCUT2D eigenvalue weighted by Gasteiger charge is 2.08. The minimum Gasteiger partial charge on any atom is -0.380 e. The maximum Gasteiger partial charge on any atom is 0.125 e. The van der Waals surface area contributed by atoms with Gasteiger partial charge < -0.3 is 9.88 Å². The van der Waals surface area contributed by atoms with Crippen molar-refractivity contribution in [2.24, 2.45) is 0 Å². The lowest BCUT2D eigenvalue weighted by Crippen LogP contribution is -2.03. The van der Waals surface area contributed by atoms with E-state index in [0.29, 0.717) is 6.54 Å². The number of halogens is 2. The van der Waals surface area contributed by atoms with Crippen molar-refractivity contribution in [3.05, 3.63) is 51.5 Å². The van der Waals surface area contributed by atoms with Crippen LogP contribution in [0, 0.1) is 19.7 Å². The first-order chi connectivity index (χ1) is 9.02. The monoisotopic (exact) mass is 324 g/mol. The number of aromatic nitrogens is 1. The van der Waals surface area contributed by atoms with Gasteiger partial charge in [0.05, 0.1) is 5.69 Å². The second-order valence-corrected chi connectivity index (χ2v) is 5.47. The van der Waals surface area contributed by atoms with Crippen LogP contribution in [0.3, 0.4) is 0 Å².